The third kappa shape index (κ3) is 9.31. The van der Waals surface area contributed by atoms with Gasteiger partial charge in [-0.3, -0.25) is 4.79 Å². The Labute approximate surface area is 151 Å². The van der Waals surface area contributed by atoms with E-state index < -0.39 is 35.7 Å². The van der Waals surface area contributed by atoms with Crippen molar-refractivity contribution in [2.24, 2.45) is 11.8 Å². The fraction of sp³-hybridized carbons (Fsp3) is 0.833. The monoisotopic (exact) mass is 358 g/mol. The molecule has 7 heteroatoms. The summed E-state index contributed by atoms with van der Waals surface area (Å²) < 4.78 is 10.00. The van der Waals surface area contributed by atoms with E-state index in [4.69, 9.17) is 9.47 Å². The van der Waals surface area contributed by atoms with Crippen molar-refractivity contribution in [2.45, 2.75) is 79.0 Å². The summed E-state index contributed by atoms with van der Waals surface area (Å²) in [5, 5.41) is 5.31. The number of hydrogen-bond acceptors (Lipinski definition) is 5. The number of nitrogens with one attached hydrogen (secondary N) is 2. The van der Waals surface area contributed by atoms with Gasteiger partial charge in [0.1, 0.15) is 17.7 Å². The van der Waals surface area contributed by atoms with Crippen LogP contribution in [-0.2, 0) is 19.1 Å². The van der Waals surface area contributed by atoms with E-state index in [1.54, 1.807) is 20.8 Å². The van der Waals surface area contributed by atoms with E-state index in [1.165, 1.54) is 7.11 Å². The van der Waals surface area contributed by atoms with E-state index in [9.17, 15) is 14.4 Å². The number of carbonyl (C=O) groups excluding carboxylic acids is 3. The second-order valence-corrected chi connectivity index (χ2v) is 7.72. The van der Waals surface area contributed by atoms with Crippen LogP contribution in [0.25, 0.3) is 0 Å². The molecule has 3 atom stereocenters. The second kappa shape index (κ2) is 10.3. The van der Waals surface area contributed by atoms with E-state index in [-0.39, 0.29) is 11.8 Å². The minimum Gasteiger partial charge on any atom is -0.467 e. The van der Waals surface area contributed by atoms with Crippen molar-refractivity contribution in [1.82, 2.24) is 10.6 Å². The smallest absolute Gasteiger partial charge is 0.408 e. The fourth-order valence-corrected chi connectivity index (χ4v) is 2.20. The maximum absolute atomic E-state index is 12.6. The summed E-state index contributed by atoms with van der Waals surface area (Å²) in [5.41, 5.74) is -0.659. The number of esters is 1. The Hall–Kier alpha value is -1.79. The highest BCUT2D eigenvalue weighted by molar-refractivity contribution is 5.89. The molecular weight excluding hydrogens is 324 g/mol. The Bertz CT molecular complexity index is 457. The SMILES string of the molecule is CC[C@H](C)[C@@H](NC(=O)[C@@H](CC(C)C)NC(=O)OC(C)(C)C)C(=O)OC. The molecule has 2 amide bonds. The first-order valence-electron chi connectivity index (χ1n) is 8.78. The molecule has 0 aromatic rings. The van der Waals surface area contributed by atoms with Crippen molar-refractivity contribution < 1.29 is 23.9 Å². The van der Waals surface area contributed by atoms with Gasteiger partial charge in [0.25, 0.3) is 0 Å². The number of amides is 2. The Kier molecular flexibility index (Phi) is 9.52. The summed E-state index contributed by atoms with van der Waals surface area (Å²) in [6.07, 6.45) is 0.472. The van der Waals surface area contributed by atoms with Crippen LogP contribution in [0, 0.1) is 11.8 Å². The van der Waals surface area contributed by atoms with Crippen molar-refractivity contribution >= 4 is 18.0 Å². The number of rotatable bonds is 8. The Balaban J connectivity index is 5.14. The van der Waals surface area contributed by atoms with E-state index in [2.05, 4.69) is 10.6 Å². The van der Waals surface area contributed by atoms with Crippen molar-refractivity contribution in [1.29, 1.82) is 0 Å². The maximum Gasteiger partial charge on any atom is 0.408 e. The second-order valence-electron chi connectivity index (χ2n) is 7.72. The molecule has 0 saturated heterocycles. The van der Waals surface area contributed by atoms with Gasteiger partial charge < -0.3 is 20.1 Å². The molecule has 0 radical (unpaired) electrons. The molecule has 0 aromatic carbocycles. The quantitative estimate of drug-likeness (QED) is 0.651. The van der Waals surface area contributed by atoms with Crippen LogP contribution in [0.2, 0.25) is 0 Å². The van der Waals surface area contributed by atoms with Gasteiger partial charge in [-0.2, -0.15) is 0 Å². The summed E-state index contributed by atoms with van der Waals surface area (Å²) in [7, 11) is 1.29. The van der Waals surface area contributed by atoms with Crippen molar-refractivity contribution in [3.05, 3.63) is 0 Å². The zero-order chi connectivity index (χ0) is 19.8. The molecular formula is C18H34N2O5. The number of hydrogen-bond donors (Lipinski definition) is 2. The minimum atomic E-state index is -0.786. The highest BCUT2D eigenvalue weighted by Gasteiger charge is 2.31. The third-order valence-electron chi connectivity index (χ3n) is 3.68. The molecule has 0 bridgehead atoms. The number of methoxy groups -OCH3 is 1. The van der Waals surface area contributed by atoms with Crippen LogP contribution < -0.4 is 10.6 Å². The van der Waals surface area contributed by atoms with Crippen molar-refractivity contribution in [2.75, 3.05) is 7.11 Å². The lowest BCUT2D eigenvalue weighted by Gasteiger charge is -2.27. The first kappa shape index (κ1) is 23.2. The summed E-state index contributed by atoms with van der Waals surface area (Å²) in [4.78, 5) is 36.6. The number of ether oxygens (including phenoxy) is 2. The van der Waals surface area contributed by atoms with Gasteiger partial charge in [-0.1, -0.05) is 34.1 Å². The first-order valence-corrected chi connectivity index (χ1v) is 8.78. The van der Waals surface area contributed by atoms with Crippen molar-refractivity contribution in [3.8, 4) is 0 Å². The normalized spacial score (nSPS) is 15.1. The average Bonchev–Trinajstić information content (AvgIpc) is 2.47. The Morgan fingerprint density at radius 3 is 2.00 bits per heavy atom. The zero-order valence-electron chi connectivity index (χ0n) is 16.8. The molecule has 0 aliphatic rings. The molecule has 0 aliphatic carbocycles. The third-order valence-corrected chi connectivity index (χ3v) is 3.68. The van der Waals surface area contributed by atoms with Gasteiger partial charge in [-0.05, 0) is 39.0 Å². The average molecular weight is 358 g/mol. The van der Waals surface area contributed by atoms with E-state index >= 15 is 0 Å². The van der Waals surface area contributed by atoms with E-state index in [0.717, 1.165) is 0 Å². The van der Waals surface area contributed by atoms with Gasteiger partial charge in [-0.25, -0.2) is 9.59 Å². The predicted molar refractivity (Wildman–Crippen MR) is 96.0 cm³/mol. The molecule has 0 saturated carbocycles. The summed E-state index contributed by atoms with van der Waals surface area (Å²) in [5.74, 6) is -0.831. The lowest BCUT2D eigenvalue weighted by atomic mass is 9.97. The number of alkyl carbamates (subject to hydrolysis) is 1. The Morgan fingerprint density at radius 1 is 1.04 bits per heavy atom. The maximum atomic E-state index is 12.6. The summed E-state index contributed by atoms with van der Waals surface area (Å²) >= 11 is 0. The van der Waals surface area contributed by atoms with Crippen LogP contribution in [0.5, 0.6) is 0 Å². The van der Waals surface area contributed by atoms with Gasteiger partial charge >= 0.3 is 12.1 Å². The molecule has 0 unspecified atom stereocenters. The van der Waals surface area contributed by atoms with Gasteiger partial charge in [0.05, 0.1) is 7.11 Å². The highest BCUT2D eigenvalue weighted by Crippen LogP contribution is 2.12. The molecule has 0 aromatic heterocycles. The van der Waals surface area contributed by atoms with Gasteiger partial charge in [0.15, 0.2) is 0 Å². The summed E-state index contributed by atoms with van der Waals surface area (Å²) in [6, 6.07) is -1.54. The minimum absolute atomic E-state index is 0.0855. The predicted octanol–water partition coefficient (Wildman–Crippen LogP) is 2.63. The molecule has 146 valence electrons. The molecule has 0 spiro atoms. The van der Waals surface area contributed by atoms with E-state index in [1.807, 2.05) is 27.7 Å². The zero-order valence-corrected chi connectivity index (χ0v) is 16.8. The molecule has 25 heavy (non-hydrogen) atoms. The van der Waals surface area contributed by atoms with Crippen LogP contribution in [-0.4, -0.2) is 42.8 Å². The number of carbonyl (C=O) groups is 3. The molecule has 0 rings (SSSR count). The van der Waals surface area contributed by atoms with Crippen molar-refractivity contribution in [3.63, 3.8) is 0 Å². The first-order chi connectivity index (χ1) is 11.4. The van der Waals surface area contributed by atoms with E-state index in [0.29, 0.717) is 12.8 Å². The van der Waals surface area contributed by atoms with Gasteiger partial charge in [-0.15, -0.1) is 0 Å². The standard InChI is InChI=1S/C18H34N2O5/c1-9-12(4)14(16(22)24-8)20-15(21)13(10-11(2)3)19-17(23)25-18(5,6)7/h11-14H,9-10H2,1-8H3,(H,19,23)(H,20,21)/t12-,13+,14+/m0/s1. The molecule has 0 aliphatic heterocycles. The largest absolute Gasteiger partial charge is 0.467 e. The fourth-order valence-electron chi connectivity index (χ4n) is 2.20. The van der Waals surface area contributed by atoms with Crippen LogP contribution >= 0.6 is 0 Å². The molecule has 0 fully saturated rings. The molecule has 0 heterocycles. The molecule has 7 nitrogen and oxygen atoms in total. The Morgan fingerprint density at radius 2 is 1.60 bits per heavy atom. The van der Waals surface area contributed by atoms with Gasteiger partial charge in [0.2, 0.25) is 5.91 Å². The lowest BCUT2D eigenvalue weighted by molar-refractivity contribution is -0.146. The van der Waals surface area contributed by atoms with Crippen LogP contribution in [0.1, 0.15) is 61.3 Å². The summed E-state index contributed by atoms with van der Waals surface area (Å²) in [6.45, 7) is 12.9. The van der Waals surface area contributed by atoms with Crippen LogP contribution in [0.3, 0.4) is 0 Å². The van der Waals surface area contributed by atoms with Crippen LogP contribution in [0.15, 0.2) is 0 Å². The lowest BCUT2D eigenvalue weighted by Crippen LogP contribution is -2.54. The highest BCUT2D eigenvalue weighted by atomic mass is 16.6. The topological polar surface area (TPSA) is 93.7 Å². The molecule has 2 N–H and O–H groups in total. The van der Waals surface area contributed by atoms with Gasteiger partial charge in [0, 0.05) is 0 Å². The van der Waals surface area contributed by atoms with Crippen LogP contribution in [0.4, 0.5) is 4.79 Å².